The molecule has 2 rings (SSSR count). The molecule has 20 heavy (non-hydrogen) atoms. The van der Waals surface area contributed by atoms with Crippen LogP contribution in [0, 0.1) is 12.8 Å². The molecule has 4 nitrogen and oxygen atoms in total. The van der Waals surface area contributed by atoms with Gasteiger partial charge in [-0.3, -0.25) is 0 Å². The lowest BCUT2D eigenvalue weighted by Gasteiger charge is -2.18. The summed E-state index contributed by atoms with van der Waals surface area (Å²) < 4.78 is 27.9. The van der Waals surface area contributed by atoms with E-state index in [9.17, 15) is 8.42 Å². The van der Waals surface area contributed by atoms with E-state index in [1.165, 1.54) is 12.8 Å². The van der Waals surface area contributed by atoms with Crippen LogP contribution < -0.4 is 10.5 Å². The van der Waals surface area contributed by atoms with Crippen molar-refractivity contribution in [1.82, 2.24) is 4.72 Å². The van der Waals surface area contributed by atoms with E-state index in [4.69, 9.17) is 5.73 Å². The molecule has 0 amide bonds. The number of nitrogens with one attached hydrogen (secondary N) is 1. The largest absolute Gasteiger partial charge is 0.326 e. The molecule has 112 valence electrons. The Morgan fingerprint density at radius 1 is 1.40 bits per heavy atom. The number of benzene rings is 1. The van der Waals surface area contributed by atoms with Crippen molar-refractivity contribution < 1.29 is 8.42 Å². The topological polar surface area (TPSA) is 72.2 Å². The molecule has 1 saturated carbocycles. The van der Waals surface area contributed by atoms with Crippen molar-refractivity contribution >= 4 is 10.0 Å². The van der Waals surface area contributed by atoms with E-state index < -0.39 is 10.0 Å². The van der Waals surface area contributed by atoms with Gasteiger partial charge in [0.1, 0.15) is 0 Å². The Morgan fingerprint density at radius 3 is 2.65 bits per heavy atom. The van der Waals surface area contributed by atoms with Crippen molar-refractivity contribution in [2.24, 2.45) is 11.7 Å². The molecule has 0 aliphatic heterocycles. The standard InChI is InChI=1S/C15H24N2O2S/c1-3-14(8-12-6-7-12)17-20(18,19)15-9-13(10-16)5-4-11(15)2/h4-5,9,12,14,17H,3,6-8,10,16H2,1-2H3. The van der Waals surface area contributed by atoms with E-state index in [2.05, 4.69) is 4.72 Å². The molecule has 0 bridgehead atoms. The van der Waals surface area contributed by atoms with Crippen LogP contribution in [0.25, 0.3) is 0 Å². The van der Waals surface area contributed by atoms with Gasteiger partial charge in [-0.1, -0.05) is 31.9 Å². The first-order chi connectivity index (χ1) is 9.46. The highest BCUT2D eigenvalue weighted by molar-refractivity contribution is 7.89. The predicted molar refractivity (Wildman–Crippen MR) is 80.8 cm³/mol. The first kappa shape index (κ1) is 15.5. The first-order valence-corrected chi connectivity index (χ1v) is 8.76. The van der Waals surface area contributed by atoms with Crippen molar-refractivity contribution in [3.8, 4) is 0 Å². The van der Waals surface area contributed by atoms with Crippen LogP contribution in [0.3, 0.4) is 0 Å². The number of nitrogens with two attached hydrogens (primary N) is 1. The van der Waals surface area contributed by atoms with Gasteiger partial charge in [0.05, 0.1) is 4.90 Å². The Balaban J connectivity index is 2.19. The molecule has 0 radical (unpaired) electrons. The Bertz CT molecular complexity index is 565. The quantitative estimate of drug-likeness (QED) is 0.811. The minimum absolute atomic E-state index is 0.0356. The fraction of sp³-hybridized carbons (Fsp3) is 0.600. The van der Waals surface area contributed by atoms with Crippen LogP contribution in [0.2, 0.25) is 0 Å². The van der Waals surface area contributed by atoms with Crippen LogP contribution in [0.1, 0.15) is 43.7 Å². The molecule has 1 aromatic rings. The highest BCUT2D eigenvalue weighted by Crippen LogP contribution is 2.34. The molecule has 5 heteroatoms. The van der Waals surface area contributed by atoms with E-state index >= 15 is 0 Å². The second kappa shape index (κ2) is 6.24. The van der Waals surface area contributed by atoms with Gasteiger partial charge in [0.2, 0.25) is 10.0 Å². The molecule has 1 fully saturated rings. The molecule has 1 aliphatic carbocycles. The van der Waals surface area contributed by atoms with E-state index in [1.807, 2.05) is 26.0 Å². The van der Waals surface area contributed by atoms with E-state index in [-0.39, 0.29) is 6.04 Å². The fourth-order valence-corrected chi connectivity index (χ4v) is 4.03. The monoisotopic (exact) mass is 296 g/mol. The third-order valence-corrected chi connectivity index (χ3v) is 5.57. The number of hydrogen-bond donors (Lipinski definition) is 2. The van der Waals surface area contributed by atoms with Crippen molar-refractivity contribution in [1.29, 1.82) is 0 Å². The lowest BCUT2D eigenvalue weighted by Crippen LogP contribution is -2.35. The Morgan fingerprint density at radius 2 is 2.10 bits per heavy atom. The molecule has 0 heterocycles. The van der Waals surface area contributed by atoms with Gasteiger partial charge in [0.25, 0.3) is 0 Å². The van der Waals surface area contributed by atoms with Crippen LogP contribution in [0.4, 0.5) is 0 Å². The summed E-state index contributed by atoms with van der Waals surface area (Å²) in [5, 5.41) is 0. The van der Waals surface area contributed by atoms with Crippen LogP contribution in [-0.4, -0.2) is 14.5 Å². The lowest BCUT2D eigenvalue weighted by molar-refractivity contribution is 0.495. The van der Waals surface area contributed by atoms with Gasteiger partial charge in [-0.2, -0.15) is 0 Å². The average Bonchev–Trinajstić information content (AvgIpc) is 3.22. The zero-order valence-corrected chi connectivity index (χ0v) is 13.0. The Kier molecular flexibility index (Phi) is 4.83. The number of aryl methyl sites for hydroxylation is 1. The number of sulfonamides is 1. The summed E-state index contributed by atoms with van der Waals surface area (Å²) in [5.74, 6) is 0.708. The molecule has 0 spiro atoms. The zero-order chi connectivity index (χ0) is 14.8. The van der Waals surface area contributed by atoms with Gasteiger partial charge < -0.3 is 5.73 Å². The van der Waals surface area contributed by atoms with E-state index in [0.717, 1.165) is 24.0 Å². The molecule has 0 aromatic heterocycles. The summed E-state index contributed by atoms with van der Waals surface area (Å²) in [6.45, 7) is 4.19. The lowest BCUT2D eigenvalue weighted by atomic mass is 10.1. The van der Waals surface area contributed by atoms with Gasteiger partial charge in [0.15, 0.2) is 0 Å². The van der Waals surface area contributed by atoms with Gasteiger partial charge >= 0.3 is 0 Å². The summed E-state index contributed by atoms with van der Waals surface area (Å²) in [6, 6.07) is 5.41. The van der Waals surface area contributed by atoms with Crippen molar-refractivity contribution in [3.05, 3.63) is 29.3 Å². The summed E-state index contributed by atoms with van der Waals surface area (Å²) in [6.07, 6.45) is 4.25. The maximum Gasteiger partial charge on any atom is 0.241 e. The van der Waals surface area contributed by atoms with Crippen molar-refractivity contribution in [2.75, 3.05) is 0 Å². The van der Waals surface area contributed by atoms with Gasteiger partial charge in [-0.25, -0.2) is 13.1 Å². The molecule has 0 saturated heterocycles. The molecule has 1 atom stereocenters. The minimum atomic E-state index is -3.46. The first-order valence-electron chi connectivity index (χ1n) is 7.28. The molecule has 1 unspecified atom stereocenters. The van der Waals surface area contributed by atoms with Gasteiger partial charge in [-0.05, 0) is 42.9 Å². The molecular formula is C15H24N2O2S. The maximum atomic E-state index is 12.5. The molecule has 1 aliphatic rings. The van der Waals surface area contributed by atoms with Gasteiger partial charge in [-0.15, -0.1) is 0 Å². The molecule has 3 N–H and O–H groups in total. The Labute approximate surface area is 121 Å². The minimum Gasteiger partial charge on any atom is -0.326 e. The van der Waals surface area contributed by atoms with E-state index in [0.29, 0.717) is 17.4 Å². The van der Waals surface area contributed by atoms with E-state index in [1.54, 1.807) is 6.07 Å². The fourth-order valence-electron chi connectivity index (χ4n) is 2.40. The van der Waals surface area contributed by atoms with Crippen LogP contribution >= 0.6 is 0 Å². The zero-order valence-electron chi connectivity index (χ0n) is 12.2. The SMILES string of the molecule is CCC(CC1CC1)NS(=O)(=O)c1cc(CN)ccc1C. The highest BCUT2D eigenvalue weighted by atomic mass is 32.2. The smallest absolute Gasteiger partial charge is 0.241 e. The summed E-state index contributed by atoms with van der Waals surface area (Å²) in [5.41, 5.74) is 7.20. The summed E-state index contributed by atoms with van der Waals surface area (Å²) >= 11 is 0. The highest BCUT2D eigenvalue weighted by Gasteiger charge is 2.28. The van der Waals surface area contributed by atoms with Crippen LogP contribution in [0.15, 0.2) is 23.1 Å². The van der Waals surface area contributed by atoms with Crippen LogP contribution in [0.5, 0.6) is 0 Å². The van der Waals surface area contributed by atoms with Crippen molar-refractivity contribution in [2.45, 2.75) is 57.0 Å². The van der Waals surface area contributed by atoms with Crippen molar-refractivity contribution in [3.63, 3.8) is 0 Å². The summed E-state index contributed by atoms with van der Waals surface area (Å²) in [4.78, 5) is 0.356. The molecule has 1 aromatic carbocycles. The predicted octanol–water partition coefficient (Wildman–Crippen LogP) is 2.31. The normalized spacial score (nSPS) is 17.1. The summed E-state index contributed by atoms with van der Waals surface area (Å²) in [7, 11) is -3.46. The average molecular weight is 296 g/mol. The second-order valence-electron chi connectivity index (χ2n) is 5.71. The van der Waals surface area contributed by atoms with Crippen LogP contribution in [-0.2, 0) is 16.6 Å². The van der Waals surface area contributed by atoms with Gasteiger partial charge in [0, 0.05) is 12.6 Å². The second-order valence-corrected chi connectivity index (χ2v) is 7.39. The Hall–Kier alpha value is -0.910. The maximum absolute atomic E-state index is 12.5. The number of rotatable bonds is 7. The molecular weight excluding hydrogens is 272 g/mol. The third-order valence-electron chi connectivity index (χ3n) is 3.91. The number of hydrogen-bond acceptors (Lipinski definition) is 3. The third kappa shape index (κ3) is 3.81.